The smallest absolute Gasteiger partial charge is 0.236 e. The minimum atomic E-state index is -3.91. The van der Waals surface area contributed by atoms with E-state index >= 15 is 0 Å². The largest absolute Gasteiger partial charge is 0.269 e. The Bertz CT molecular complexity index is 1470. The molecule has 4 rings (SSSR count). The summed E-state index contributed by atoms with van der Waals surface area (Å²) < 4.78 is 28.3. The second kappa shape index (κ2) is 8.48. The monoisotopic (exact) mass is 531 g/mol. The van der Waals surface area contributed by atoms with Crippen molar-refractivity contribution in [3.8, 4) is 6.07 Å². The van der Waals surface area contributed by atoms with Crippen LogP contribution in [0.15, 0.2) is 76.4 Å². The topological polar surface area (TPSA) is 75.8 Å². The van der Waals surface area contributed by atoms with E-state index in [2.05, 4.69) is 27.0 Å². The lowest BCUT2D eigenvalue weighted by Crippen LogP contribution is -2.12. The Balaban J connectivity index is 1.99. The van der Waals surface area contributed by atoms with Crippen molar-refractivity contribution in [3.63, 3.8) is 0 Å². The van der Waals surface area contributed by atoms with E-state index in [9.17, 15) is 13.7 Å². The Hall–Kier alpha value is -2.63. The molecular formula is C22H12BrCl2N3O2S. The maximum absolute atomic E-state index is 13.3. The van der Waals surface area contributed by atoms with Crippen LogP contribution in [0.1, 0.15) is 11.1 Å². The first kappa shape index (κ1) is 21.6. The molecule has 0 bridgehead atoms. The summed E-state index contributed by atoms with van der Waals surface area (Å²) in [6, 6.07) is 16.9. The van der Waals surface area contributed by atoms with Gasteiger partial charge in [0.05, 0.1) is 26.6 Å². The van der Waals surface area contributed by atoms with Crippen LogP contribution in [0.25, 0.3) is 22.7 Å². The highest BCUT2D eigenvalue weighted by Crippen LogP contribution is 2.34. The van der Waals surface area contributed by atoms with Crippen molar-refractivity contribution in [1.29, 1.82) is 5.26 Å². The molecule has 0 spiro atoms. The molecule has 0 saturated heterocycles. The van der Waals surface area contributed by atoms with Gasteiger partial charge in [-0.05, 0) is 52.3 Å². The number of aromatic nitrogens is 2. The minimum Gasteiger partial charge on any atom is -0.236 e. The van der Waals surface area contributed by atoms with Crippen molar-refractivity contribution < 1.29 is 8.42 Å². The summed E-state index contributed by atoms with van der Waals surface area (Å²) in [4.78, 5) is 4.43. The van der Waals surface area contributed by atoms with Crippen molar-refractivity contribution in [2.24, 2.45) is 0 Å². The lowest BCUT2D eigenvalue weighted by molar-refractivity contribution is 0.588. The van der Waals surface area contributed by atoms with E-state index in [1.165, 1.54) is 24.5 Å². The normalized spacial score (nSPS) is 12.1. The number of nitriles is 1. The Kier molecular flexibility index (Phi) is 5.91. The minimum absolute atomic E-state index is 0.127. The van der Waals surface area contributed by atoms with Gasteiger partial charge in [0, 0.05) is 33.4 Å². The van der Waals surface area contributed by atoms with E-state index in [1.54, 1.807) is 48.5 Å². The number of hydrogen-bond acceptors (Lipinski definition) is 4. The number of allylic oxidation sites excluding steroid dienone is 1. The van der Waals surface area contributed by atoms with E-state index < -0.39 is 10.0 Å². The van der Waals surface area contributed by atoms with E-state index in [4.69, 9.17) is 23.2 Å². The molecule has 9 heteroatoms. The molecular weight excluding hydrogens is 521 g/mol. The average molecular weight is 533 g/mol. The molecule has 0 saturated carbocycles. The summed E-state index contributed by atoms with van der Waals surface area (Å²) in [5.41, 5.74) is 1.30. The molecule has 0 unspecified atom stereocenters. The van der Waals surface area contributed by atoms with Crippen LogP contribution in [0.4, 0.5) is 0 Å². The first-order valence-electron chi connectivity index (χ1n) is 8.86. The molecule has 0 atom stereocenters. The maximum Gasteiger partial charge on any atom is 0.269 e. The van der Waals surface area contributed by atoms with Gasteiger partial charge in [0.1, 0.15) is 0 Å². The van der Waals surface area contributed by atoms with E-state index in [1.807, 2.05) is 0 Å². The molecule has 4 aromatic rings. The van der Waals surface area contributed by atoms with Gasteiger partial charge in [-0.1, -0.05) is 47.5 Å². The summed E-state index contributed by atoms with van der Waals surface area (Å²) in [6.07, 6.45) is 4.51. The number of benzene rings is 2. The predicted molar refractivity (Wildman–Crippen MR) is 126 cm³/mol. The van der Waals surface area contributed by atoms with Crippen LogP contribution in [-0.4, -0.2) is 17.4 Å². The highest BCUT2D eigenvalue weighted by molar-refractivity contribution is 9.10. The number of rotatable bonds is 4. The molecule has 0 amide bonds. The first-order chi connectivity index (χ1) is 14.8. The van der Waals surface area contributed by atoms with Crippen LogP contribution in [0.2, 0.25) is 10.0 Å². The Morgan fingerprint density at radius 1 is 1.10 bits per heavy atom. The van der Waals surface area contributed by atoms with Gasteiger partial charge in [-0.3, -0.25) is 0 Å². The number of pyridine rings is 1. The standard InChI is InChI=1S/C22H12BrCl2N3O2S/c23-16-10-18-15(9-14(11-26)21-19(24)7-4-8-20(21)25)13-28(22(18)27-12-16)31(29,30)17-5-2-1-3-6-17/h1-10,12-13H/b14-9+. The third-order valence-electron chi connectivity index (χ3n) is 4.56. The van der Waals surface area contributed by atoms with Crippen LogP contribution in [-0.2, 0) is 10.0 Å². The second-order valence-corrected chi connectivity index (χ2v) is 10.0. The van der Waals surface area contributed by atoms with Crippen molar-refractivity contribution in [3.05, 3.63) is 92.6 Å². The van der Waals surface area contributed by atoms with Crippen molar-refractivity contribution >= 4 is 71.8 Å². The van der Waals surface area contributed by atoms with E-state index in [0.29, 0.717) is 31.0 Å². The summed E-state index contributed by atoms with van der Waals surface area (Å²) >= 11 is 15.9. The Morgan fingerprint density at radius 2 is 1.77 bits per heavy atom. The van der Waals surface area contributed by atoms with Gasteiger partial charge in [-0.2, -0.15) is 5.26 Å². The van der Waals surface area contributed by atoms with Gasteiger partial charge >= 0.3 is 0 Å². The Labute approximate surface area is 197 Å². The molecule has 2 heterocycles. The average Bonchev–Trinajstić information content (AvgIpc) is 3.11. The van der Waals surface area contributed by atoms with Gasteiger partial charge in [0.2, 0.25) is 0 Å². The fourth-order valence-electron chi connectivity index (χ4n) is 3.15. The number of hydrogen-bond donors (Lipinski definition) is 0. The maximum atomic E-state index is 13.3. The van der Waals surface area contributed by atoms with Gasteiger partial charge in [0.25, 0.3) is 10.0 Å². The molecule has 31 heavy (non-hydrogen) atoms. The number of fused-ring (bicyclic) bond motifs is 1. The molecule has 154 valence electrons. The lowest BCUT2D eigenvalue weighted by atomic mass is 10.0. The fourth-order valence-corrected chi connectivity index (χ4v) is 5.44. The molecule has 0 aliphatic heterocycles. The molecule has 2 aromatic heterocycles. The summed E-state index contributed by atoms with van der Waals surface area (Å²) in [6.45, 7) is 0. The summed E-state index contributed by atoms with van der Waals surface area (Å²) in [7, 11) is -3.91. The van der Waals surface area contributed by atoms with Crippen LogP contribution in [0.5, 0.6) is 0 Å². The molecule has 0 N–H and O–H groups in total. The van der Waals surface area contributed by atoms with Gasteiger partial charge < -0.3 is 0 Å². The molecule has 0 aliphatic carbocycles. The third-order valence-corrected chi connectivity index (χ3v) is 7.29. The highest BCUT2D eigenvalue weighted by atomic mass is 79.9. The van der Waals surface area contributed by atoms with Crippen molar-refractivity contribution in [2.75, 3.05) is 0 Å². The zero-order valence-corrected chi connectivity index (χ0v) is 19.5. The molecule has 0 fully saturated rings. The van der Waals surface area contributed by atoms with Crippen LogP contribution >= 0.6 is 39.1 Å². The number of halogens is 3. The fraction of sp³-hybridized carbons (Fsp3) is 0. The zero-order valence-electron chi connectivity index (χ0n) is 15.6. The quantitative estimate of drug-likeness (QED) is 0.285. The summed E-state index contributed by atoms with van der Waals surface area (Å²) in [5.74, 6) is 0. The van der Waals surface area contributed by atoms with Crippen LogP contribution in [0.3, 0.4) is 0 Å². The van der Waals surface area contributed by atoms with E-state index in [-0.39, 0.29) is 16.1 Å². The molecule has 5 nitrogen and oxygen atoms in total. The number of nitrogens with zero attached hydrogens (tertiary/aromatic N) is 3. The third kappa shape index (κ3) is 4.00. The van der Waals surface area contributed by atoms with Gasteiger partial charge in [0.15, 0.2) is 5.65 Å². The predicted octanol–water partition coefficient (Wildman–Crippen LogP) is 6.41. The van der Waals surface area contributed by atoms with Crippen LogP contribution in [0, 0.1) is 11.3 Å². The van der Waals surface area contributed by atoms with Crippen molar-refractivity contribution in [2.45, 2.75) is 4.90 Å². The molecule has 0 aliphatic rings. The molecule has 0 radical (unpaired) electrons. The van der Waals surface area contributed by atoms with E-state index in [0.717, 1.165) is 3.97 Å². The zero-order chi connectivity index (χ0) is 22.2. The highest BCUT2D eigenvalue weighted by Gasteiger charge is 2.22. The van der Waals surface area contributed by atoms with Gasteiger partial charge in [-0.25, -0.2) is 17.4 Å². The first-order valence-corrected chi connectivity index (χ1v) is 11.8. The Morgan fingerprint density at radius 3 is 2.42 bits per heavy atom. The van der Waals surface area contributed by atoms with Crippen LogP contribution < -0.4 is 0 Å². The SMILES string of the molecule is N#C/C(=C\c1cn(S(=O)(=O)c2ccccc2)c2ncc(Br)cc12)c1c(Cl)cccc1Cl. The molecule has 2 aromatic carbocycles. The van der Waals surface area contributed by atoms with Gasteiger partial charge in [-0.15, -0.1) is 0 Å². The van der Waals surface area contributed by atoms with Crippen molar-refractivity contribution in [1.82, 2.24) is 8.96 Å². The lowest BCUT2D eigenvalue weighted by Gasteiger charge is -2.06. The second-order valence-electron chi connectivity index (χ2n) is 6.49. The summed E-state index contributed by atoms with van der Waals surface area (Å²) in [5, 5.41) is 11.0.